The molecule has 0 aromatic rings. The third-order valence-corrected chi connectivity index (χ3v) is 5.24. The Morgan fingerprint density at radius 2 is 2.00 bits per heavy atom. The average molecular weight is 280 g/mol. The third kappa shape index (κ3) is 3.03. The van der Waals surface area contributed by atoms with Gasteiger partial charge in [-0.1, -0.05) is 34.1 Å². The summed E-state index contributed by atoms with van der Waals surface area (Å²) in [5, 5.41) is 3.62. The summed E-state index contributed by atoms with van der Waals surface area (Å²) in [7, 11) is 0. The van der Waals surface area contributed by atoms with Crippen molar-refractivity contribution in [1.29, 1.82) is 0 Å². The van der Waals surface area contributed by atoms with E-state index in [4.69, 9.17) is 0 Å². The zero-order valence-corrected chi connectivity index (χ0v) is 14.0. The highest BCUT2D eigenvalue weighted by molar-refractivity contribution is 5.88. The molecule has 116 valence electrons. The fraction of sp³-hybridized carbons (Fsp3) is 0.941. The highest BCUT2D eigenvalue weighted by atomic mass is 16.2. The number of hydrogen-bond acceptors (Lipinski definition) is 2. The van der Waals surface area contributed by atoms with E-state index in [0.29, 0.717) is 17.2 Å². The monoisotopic (exact) mass is 280 g/mol. The average Bonchev–Trinajstić information content (AvgIpc) is 3.09. The molecule has 0 aromatic carbocycles. The van der Waals surface area contributed by atoms with Crippen molar-refractivity contribution in [2.45, 2.75) is 84.8 Å². The van der Waals surface area contributed by atoms with Crippen molar-refractivity contribution < 1.29 is 4.79 Å². The first-order valence-electron chi connectivity index (χ1n) is 8.44. The smallest absolute Gasteiger partial charge is 0.243 e. The summed E-state index contributed by atoms with van der Waals surface area (Å²) in [4.78, 5) is 15.0. The Hall–Kier alpha value is -0.570. The first-order chi connectivity index (χ1) is 9.36. The van der Waals surface area contributed by atoms with Crippen molar-refractivity contribution in [3.63, 3.8) is 0 Å². The lowest BCUT2D eigenvalue weighted by atomic mass is 9.97. The molecule has 2 atom stereocenters. The summed E-state index contributed by atoms with van der Waals surface area (Å²) >= 11 is 0. The molecule has 20 heavy (non-hydrogen) atoms. The standard InChI is InChI=1S/C17H32N2O/c1-6-8-17(9-10-17)12-19-14(11-13(3)4)18-16(5,7-2)15(19)20/h13-14,18H,6-12H2,1-5H3. The lowest BCUT2D eigenvalue weighted by Gasteiger charge is -2.29. The number of carbonyl (C=O) groups is 1. The van der Waals surface area contributed by atoms with Gasteiger partial charge in [0.05, 0.1) is 11.7 Å². The molecular formula is C17H32N2O. The van der Waals surface area contributed by atoms with Gasteiger partial charge in [-0.3, -0.25) is 10.1 Å². The van der Waals surface area contributed by atoms with Crippen LogP contribution in [0.15, 0.2) is 0 Å². The zero-order valence-electron chi connectivity index (χ0n) is 14.0. The Morgan fingerprint density at radius 3 is 2.45 bits per heavy atom. The SMILES string of the molecule is CCCC1(CN2C(=O)C(C)(CC)NC2CC(C)C)CC1. The van der Waals surface area contributed by atoms with Crippen LogP contribution in [0.2, 0.25) is 0 Å². The van der Waals surface area contributed by atoms with Gasteiger partial charge in [0.1, 0.15) is 0 Å². The van der Waals surface area contributed by atoms with E-state index in [-0.39, 0.29) is 11.7 Å². The number of hydrogen-bond donors (Lipinski definition) is 1. The summed E-state index contributed by atoms with van der Waals surface area (Å²) in [6.45, 7) is 11.9. The highest BCUT2D eigenvalue weighted by Crippen LogP contribution is 2.51. The summed E-state index contributed by atoms with van der Waals surface area (Å²) in [6, 6.07) is 0. The van der Waals surface area contributed by atoms with E-state index in [1.807, 2.05) is 0 Å². The van der Waals surface area contributed by atoms with Gasteiger partial charge in [0, 0.05) is 6.54 Å². The van der Waals surface area contributed by atoms with E-state index in [9.17, 15) is 4.79 Å². The van der Waals surface area contributed by atoms with Crippen LogP contribution in [0.25, 0.3) is 0 Å². The lowest BCUT2D eigenvalue weighted by molar-refractivity contribution is -0.133. The van der Waals surface area contributed by atoms with Crippen molar-refractivity contribution in [3.8, 4) is 0 Å². The van der Waals surface area contributed by atoms with Gasteiger partial charge < -0.3 is 4.90 Å². The number of rotatable bonds is 7. The predicted molar refractivity (Wildman–Crippen MR) is 83.4 cm³/mol. The Kier molecular flexibility index (Phi) is 4.48. The van der Waals surface area contributed by atoms with Gasteiger partial charge in [-0.2, -0.15) is 0 Å². The topological polar surface area (TPSA) is 32.3 Å². The van der Waals surface area contributed by atoms with Gasteiger partial charge in [-0.25, -0.2) is 0 Å². The fourth-order valence-electron chi connectivity index (χ4n) is 3.59. The number of amides is 1. The van der Waals surface area contributed by atoms with Gasteiger partial charge >= 0.3 is 0 Å². The van der Waals surface area contributed by atoms with Gasteiger partial charge in [0.15, 0.2) is 0 Å². The van der Waals surface area contributed by atoms with Gasteiger partial charge in [-0.05, 0) is 50.4 Å². The molecule has 1 aliphatic heterocycles. The molecule has 2 rings (SSSR count). The molecule has 0 spiro atoms. The molecule has 1 N–H and O–H groups in total. The molecule has 3 nitrogen and oxygen atoms in total. The molecule has 0 aromatic heterocycles. The molecular weight excluding hydrogens is 248 g/mol. The van der Waals surface area contributed by atoms with E-state index in [1.165, 1.54) is 25.7 Å². The van der Waals surface area contributed by atoms with E-state index in [1.54, 1.807) is 0 Å². The zero-order chi connectivity index (χ0) is 15.0. The van der Waals surface area contributed by atoms with Crippen molar-refractivity contribution in [3.05, 3.63) is 0 Å². The van der Waals surface area contributed by atoms with E-state index in [0.717, 1.165) is 19.4 Å². The van der Waals surface area contributed by atoms with Crippen LogP contribution in [0.3, 0.4) is 0 Å². The molecule has 0 bridgehead atoms. The maximum Gasteiger partial charge on any atom is 0.243 e. The lowest BCUT2D eigenvalue weighted by Crippen LogP contribution is -2.44. The van der Waals surface area contributed by atoms with Crippen LogP contribution >= 0.6 is 0 Å². The van der Waals surface area contributed by atoms with Crippen LogP contribution in [-0.2, 0) is 4.79 Å². The second-order valence-electron chi connectivity index (χ2n) is 7.66. The largest absolute Gasteiger partial charge is 0.325 e. The molecule has 1 heterocycles. The quantitative estimate of drug-likeness (QED) is 0.773. The molecule has 1 amide bonds. The molecule has 2 fully saturated rings. The second-order valence-corrected chi connectivity index (χ2v) is 7.66. The highest BCUT2D eigenvalue weighted by Gasteiger charge is 2.51. The number of carbonyl (C=O) groups excluding carboxylic acids is 1. The summed E-state index contributed by atoms with van der Waals surface area (Å²) in [6.07, 6.45) is 7.29. The predicted octanol–water partition coefficient (Wildman–Crippen LogP) is 3.54. The van der Waals surface area contributed by atoms with Crippen molar-refractivity contribution in [2.75, 3.05) is 6.54 Å². The van der Waals surface area contributed by atoms with Crippen molar-refractivity contribution in [1.82, 2.24) is 10.2 Å². The van der Waals surface area contributed by atoms with Crippen LogP contribution in [0.4, 0.5) is 0 Å². The summed E-state index contributed by atoms with van der Waals surface area (Å²) in [5.74, 6) is 0.941. The summed E-state index contributed by atoms with van der Waals surface area (Å²) in [5.41, 5.74) is 0.0994. The normalized spacial score (nSPS) is 32.2. The van der Waals surface area contributed by atoms with Gasteiger partial charge in [-0.15, -0.1) is 0 Å². The molecule has 3 heteroatoms. The Labute approximate surface area is 124 Å². The Bertz CT molecular complexity index is 362. The fourth-order valence-corrected chi connectivity index (χ4v) is 3.59. The Balaban J connectivity index is 2.11. The van der Waals surface area contributed by atoms with Crippen molar-refractivity contribution >= 4 is 5.91 Å². The molecule has 1 aliphatic carbocycles. The maximum absolute atomic E-state index is 12.8. The Morgan fingerprint density at radius 1 is 1.35 bits per heavy atom. The van der Waals surface area contributed by atoms with E-state index in [2.05, 4.69) is 44.8 Å². The van der Waals surface area contributed by atoms with Gasteiger partial charge in [0.25, 0.3) is 0 Å². The number of nitrogens with zero attached hydrogens (tertiary/aromatic N) is 1. The van der Waals surface area contributed by atoms with Crippen LogP contribution in [-0.4, -0.2) is 29.1 Å². The van der Waals surface area contributed by atoms with Crippen molar-refractivity contribution in [2.24, 2.45) is 11.3 Å². The van der Waals surface area contributed by atoms with E-state index >= 15 is 0 Å². The van der Waals surface area contributed by atoms with Crippen LogP contribution in [0.5, 0.6) is 0 Å². The van der Waals surface area contributed by atoms with Crippen LogP contribution in [0.1, 0.15) is 73.1 Å². The first-order valence-corrected chi connectivity index (χ1v) is 8.44. The van der Waals surface area contributed by atoms with Gasteiger partial charge in [0.2, 0.25) is 5.91 Å². The minimum Gasteiger partial charge on any atom is -0.325 e. The molecule has 2 aliphatic rings. The first kappa shape index (κ1) is 15.8. The molecule has 1 saturated carbocycles. The molecule has 0 radical (unpaired) electrons. The summed E-state index contributed by atoms with van der Waals surface area (Å²) < 4.78 is 0. The minimum atomic E-state index is -0.345. The van der Waals surface area contributed by atoms with E-state index < -0.39 is 0 Å². The number of nitrogens with one attached hydrogen (secondary N) is 1. The molecule has 2 unspecified atom stereocenters. The minimum absolute atomic E-state index is 0.238. The van der Waals surface area contributed by atoms with Crippen LogP contribution in [0, 0.1) is 11.3 Å². The molecule has 1 saturated heterocycles. The maximum atomic E-state index is 12.8. The second kappa shape index (κ2) is 5.67. The third-order valence-electron chi connectivity index (χ3n) is 5.24. The van der Waals surface area contributed by atoms with Crippen LogP contribution < -0.4 is 5.32 Å².